The lowest BCUT2D eigenvalue weighted by Gasteiger charge is -2.06. The first-order chi connectivity index (χ1) is 12.3. The predicted molar refractivity (Wildman–Crippen MR) is 90.8 cm³/mol. The Morgan fingerprint density at radius 1 is 1.08 bits per heavy atom. The molecular formula is C16H11N3O6S. The molecule has 3 N–H and O–H groups in total. The van der Waals surface area contributed by atoms with Gasteiger partial charge in [-0.15, -0.1) is 5.11 Å². The maximum atomic E-state index is 11.4. The summed E-state index contributed by atoms with van der Waals surface area (Å²) in [5.74, 6) is -1.54. The number of aromatic carboxylic acids is 1. The van der Waals surface area contributed by atoms with Gasteiger partial charge in [0.25, 0.3) is 10.1 Å². The van der Waals surface area contributed by atoms with Gasteiger partial charge in [-0.05, 0) is 36.4 Å². The van der Waals surface area contributed by atoms with E-state index in [1.165, 1.54) is 36.4 Å². The van der Waals surface area contributed by atoms with Crippen LogP contribution < -0.4 is 0 Å². The Hall–Kier alpha value is -3.37. The Morgan fingerprint density at radius 3 is 2.54 bits per heavy atom. The minimum Gasteiger partial charge on any atom is -0.504 e. The molecular weight excluding hydrogens is 362 g/mol. The van der Waals surface area contributed by atoms with Crippen molar-refractivity contribution in [2.24, 2.45) is 10.2 Å². The second-order valence-electron chi connectivity index (χ2n) is 5.17. The highest BCUT2D eigenvalue weighted by Gasteiger charge is 2.17. The van der Waals surface area contributed by atoms with Crippen molar-refractivity contribution in [1.29, 1.82) is 0 Å². The van der Waals surface area contributed by atoms with Crippen LogP contribution in [-0.2, 0) is 10.1 Å². The predicted octanol–water partition coefficient (Wildman–Crippen LogP) is 3.30. The Balaban J connectivity index is 2.06. The Labute approximate surface area is 147 Å². The first-order valence-electron chi connectivity index (χ1n) is 7.10. The van der Waals surface area contributed by atoms with Crippen LogP contribution in [0.5, 0.6) is 5.75 Å². The number of pyridine rings is 1. The summed E-state index contributed by atoms with van der Waals surface area (Å²) >= 11 is 0. The number of azo groups is 1. The van der Waals surface area contributed by atoms with E-state index in [2.05, 4.69) is 15.2 Å². The lowest BCUT2D eigenvalue weighted by molar-refractivity contribution is 0.0697. The first kappa shape index (κ1) is 17.5. The summed E-state index contributed by atoms with van der Waals surface area (Å²) in [6, 6.07) is 9.47. The smallest absolute Gasteiger partial charge is 0.335 e. The third-order valence-electron chi connectivity index (χ3n) is 3.47. The number of nitrogens with zero attached hydrogens (tertiary/aromatic N) is 3. The summed E-state index contributed by atoms with van der Waals surface area (Å²) in [4.78, 5) is 14.5. The number of hydrogen-bond acceptors (Lipinski definition) is 7. The van der Waals surface area contributed by atoms with Gasteiger partial charge < -0.3 is 10.2 Å². The lowest BCUT2D eigenvalue weighted by atomic mass is 10.2. The molecule has 2 aromatic carbocycles. The van der Waals surface area contributed by atoms with Crippen molar-refractivity contribution in [2.75, 3.05) is 0 Å². The topological polar surface area (TPSA) is 150 Å². The van der Waals surface area contributed by atoms with Crippen molar-refractivity contribution in [3.8, 4) is 5.75 Å². The molecule has 10 heteroatoms. The number of fused-ring (bicyclic) bond motifs is 1. The zero-order valence-corrected chi connectivity index (χ0v) is 13.8. The third kappa shape index (κ3) is 3.36. The highest BCUT2D eigenvalue weighted by Crippen LogP contribution is 2.36. The molecule has 1 aromatic heterocycles. The van der Waals surface area contributed by atoms with E-state index in [1.54, 1.807) is 0 Å². The van der Waals surface area contributed by atoms with Crippen molar-refractivity contribution in [1.82, 2.24) is 4.98 Å². The molecule has 0 bridgehead atoms. The fourth-order valence-electron chi connectivity index (χ4n) is 2.29. The fourth-order valence-corrected chi connectivity index (χ4v) is 2.96. The molecule has 1 heterocycles. The summed E-state index contributed by atoms with van der Waals surface area (Å²) in [5.41, 5.74) is 0.210. The monoisotopic (exact) mass is 373 g/mol. The molecule has 0 aliphatic rings. The van der Waals surface area contributed by atoms with Crippen LogP contribution in [0.4, 0.5) is 11.4 Å². The van der Waals surface area contributed by atoms with Gasteiger partial charge in [0.05, 0.1) is 11.3 Å². The van der Waals surface area contributed by atoms with Crippen LogP contribution in [0.25, 0.3) is 10.9 Å². The van der Waals surface area contributed by atoms with Gasteiger partial charge in [-0.25, -0.2) is 4.79 Å². The summed E-state index contributed by atoms with van der Waals surface area (Å²) < 4.78 is 32.0. The molecule has 0 spiro atoms. The standard InChI is InChI=1S/C16H11N3O6S/c20-15-12(19-18-10-3-1-2-9(8-10)16(21)22)5-4-11-13(26(23,24)25)6-7-17-14(11)15/h1-8,20H,(H,21,22)(H,23,24,25). The third-order valence-corrected chi connectivity index (χ3v) is 4.38. The molecule has 26 heavy (non-hydrogen) atoms. The van der Waals surface area contributed by atoms with Crippen LogP contribution in [0.15, 0.2) is 63.8 Å². The lowest BCUT2D eigenvalue weighted by Crippen LogP contribution is -1.99. The number of aromatic hydroxyl groups is 1. The molecule has 132 valence electrons. The van der Waals surface area contributed by atoms with Gasteiger partial charge in [0, 0.05) is 11.6 Å². The number of rotatable bonds is 4. The Bertz CT molecular complexity index is 1160. The number of benzene rings is 2. The largest absolute Gasteiger partial charge is 0.504 e. The SMILES string of the molecule is O=C(O)c1cccc(N=Nc2ccc3c(S(=O)(=O)O)ccnc3c2O)c1. The van der Waals surface area contributed by atoms with Crippen molar-refractivity contribution < 1.29 is 28.0 Å². The second-order valence-corrected chi connectivity index (χ2v) is 6.56. The van der Waals surface area contributed by atoms with Gasteiger partial charge in [-0.3, -0.25) is 9.54 Å². The average molecular weight is 373 g/mol. The van der Waals surface area contributed by atoms with Crippen LogP contribution in [0.3, 0.4) is 0 Å². The number of carboxylic acid groups (broad SMARTS) is 1. The van der Waals surface area contributed by atoms with E-state index in [0.29, 0.717) is 0 Å². The van der Waals surface area contributed by atoms with Crippen LogP contribution in [-0.4, -0.2) is 34.1 Å². The van der Waals surface area contributed by atoms with Crippen molar-refractivity contribution in [3.05, 3.63) is 54.2 Å². The Kier molecular flexibility index (Phi) is 4.36. The summed E-state index contributed by atoms with van der Waals surface area (Å²) in [6.07, 6.45) is 1.13. The molecule has 0 aliphatic heterocycles. The van der Waals surface area contributed by atoms with Gasteiger partial charge in [0.15, 0.2) is 5.75 Å². The quantitative estimate of drug-likeness (QED) is 0.469. The Morgan fingerprint density at radius 2 is 1.85 bits per heavy atom. The molecule has 9 nitrogen and oxygen atoms in total. The average Bonchev–Trinajstić information content (AvgIpc) is 2.60. The fraction of sp³-hybridized carbons (Fsp3) is 0. The molecule has 3 aromatic rings. The van der Waals surface area contributed by atoms with E-state index in [-0.39, 0.29) is 27.8 Å². The van der Waals surface area contributed by atoms with Gasteiger partial charge in [-0.1, -0.05) is 6.07 Å². The van der Waals surface area contributed by atoms with Crippen molar-refractivity contribution >= 4 is 38.4 Å². The highest BCUT2D eigenvalue weighted by molar-refractivity contribution is 7.86. The highest BCUT2D eigenvalue weighted by atomic mass is 32.2. The summed E-state index contributed by atoms with van der Waals surface area (Å²) in [7, 11) is -4.49. The van der Waals surface area contributed by atoms with Gasteiger partial charge in [0.2, 0.25) is 0 Å². The zero-order chi connectivity index (χ0) is 18.9. The van der Waals surface area contributed by atoms with Gasteiger partial charge >= 0.3 is 5.97 Å². The van der Waals surface area contributed by atoms with E-state index in [9.17, 15) is 22.9 Å². The van der Waals surface area contributed by atoms with Gasteiger partial charge in [0.1, 0.15) is 16.1 Å². The molecule has 0 radical (unpaired) electrons. The molecule has 0 aliphatic carbocycles. The van der Waals surface area contributed by atoms with Crippen LogP contribution in [0.2, 0.25) is 0 Å². The van der Waals surface area contributed by atoms with Crippen molar-refractivity contribution in [3.63, 3.8) is 0 Å². The second kappa shape index (κ2) is 6.50. The van der Waals surface area contributed by atoms with Crippen LogP contribution in [0.1, 0.15) is 10.4 Å². The number of aromatic nitrogens is 1. The van der Waals surface area contributed by atoms with E-state index >= 15 is 0 Å². The molecule has 0 atom stereocenters. The van der Waals surface area contributed by atoms with E-state index < -0.39 is 26.7 Å². The summed E-state index contributed by atoms with van der Waals surface area (Å²) in [5, 5.41) is 27.0. The van der Waals surface area contributed by atoms with Crippen LogP contribution >= 0.6 is 0 Å². The molecule has 0 amide bonds. The summed E-state index contributed by atoms with van der Waals surface area (Å²) in [6.45, 7) is 0. The molecule has 3 rings (SSSR count). The minimum absolute atomic E-state index is 0.00165. The molecule has 0 saturated carbocycles. The number of phenols is 1. The molecule has 0 fully saturated rings. The number of hydrogen-bond donors (Lipinski definition) is 3. The van der Waals surface area contributed by atoms with Crippen LogP contribution in [0, 0.1) is 0 Å². The maximum Gasteiger partial charge on any atom is 0.335 e. The zero-order valence-electron chi connectivity index (χ0n) is 12.9. The molecule has 0 saturated heterocycles. The number of phenolic OH excluding ortho intramolecular Hbond substituents is 1. The first-order valence-corrected chi connectivity index (χ1v) is 8.54. The van der Waals surface area contributed by atoms with E-state index in [4.69, 9.17) is 5.11 Å². The normalized spacial score (nSPS) is 11.9. The number of carboxylic acids is 1. The van der Waals surface area contributed by atoms with Crippen molar-refractivity contribution in [2.45, 2.75) is 4.90 Å². The van der Waals surface area contributed by atoms with Gasteiger partial charge in [-0.2, -0.15) is 13.5 Å². The number of carbonyl (C=O) groups is 1. The van der Waals surface area contributed by atoms with E-state index in [0.717, 1.165) is 12.3 Å². The minimum atomic E-state index is -4.49. The molecule has 0 unspecified atom stereocenters. The van der Waals surface area contributed by atoms with E-state index in [1.807, 2.05) is 0 Å². The maximum absolute atomic E-state index is 11.4.